The Hall–Kier alpha value is -2.70. The molecule has 0 N–H and O–H groups in total. The lowest BCUT2D eigenvalue weighted by atomic mass is 10.1. The van der Waals surface area contributed by atoms with Gasteiger partial charge in [-0.25, -0.2) is 4.98 Å². The maximum atomic E-state index is 13.0. The van der Waals surface area contributed by atoms with Crippen molar-refractivity contribution in [2.75, 3.05) is 0 Å². The number of aromatic nitrogens is 2. The van der Waals surface area contributed by atoms with Crippen LogP contribution in [0.4, 0.5) is 13.2 Å². The molecule has 0 spiro atoms. The van der Waals surface area contributed by atoms with Crippen LogP contribution in [0.3, 0.4) is 0 Å². The van der Waals surface area contributed by atoms with Gasteiger partial charge in [-0.15, -0.1) is 0 Å². The van der Waals surface area contributed by atoms with Gasteiger partial charge in [0.05, 0.1) is 5.56 Å². The Labute approximate surface area is 115 Å². The molecule has 3 aromatic rings. The lowest BCUT2D eigenvalue weighted by Crippen LogP contribution is -2.11. The van der Waals surface area contributed by atoms with Crippen molar-refractivity contribution in [2.45, 2.75) is 6.18 Å². The van der Waals surface area contributed by atoms with Crippen LogP contribution >= 0.6 is 0 Å². The summed E-state index contributed by atoms with van der Waals surface area (Å²) in [4.78, 5) is 19.3. The number of hydrogen-bond acceptors (Lipinski definition) is 4. The van der Waals surface area contributed by atoms with Gasteiger partial charge < -0.3 is 4.42 Å². The van der Waals surface area contributed by atoms with Crippen LogP contribution in [0.25, 0.3) is 22.6 Å². The van der Waals surface area contributed by atoms with Crippen molar-refractivity contribution in [1.29, 1.82) is 0 Å². The summed E-state index contributed by atoms with van der Waals surface area (Å²) in [6, 6.07) is 7.73. The summed E-state index contributed by atoms with van der Waals surface area (Å²) in [6.45, 7) is 0. The van der Waals surface area contributed by atoms with E-state index in [0.29, 0.717) is 0 Å². The molecule has 0 unspecified atom stereocenters. The van der Waals surface area contributed by atoms with Crippen LogP contribution in [0.2, 0.25) is 0 Å². The van der Waals surface area contributed by atoms with Gasteiger partial charge in [0.2, 0.25) is 11.6 Å². The van der Waals surface area contributed by atoms with E-state index in [-0.39, 0.29) is 16.7 Å². The second-order valence-corrected chi connectivity index (χ2v) is 4.22. The van der Waals surface area contributed by atoms with Crippen molar-refractivity contribution in [2.24, 2.45) is 0 Å². The lowest BCUT2D eigenvalue weighted by molar-refractivity contribution is -0.137. The largest absolute Gasteiger partial charge is 0.419 e. The minimum atomic E-state index is -4.57. The number of alkyl halides is 3. The quantitative estimate of drug-likeness (QED) is 0.690. The van der Waals surface area contributed by atoms with Gasteiger partial charge in [0, 0.05) is 11.8 Å². The summed E-state index contributed by atoms with van der Waals surface area (Å²) >= 11 is 0. The zero-order chi connectivity index (χ0) is 15.0. The maximum absolute atomic E-state index is 13.0. The lowest BCUT2D eigenvalue weighted by Gasteiger charge is -2.11. The first-order valence-corrected chi connectivity index (χ1v) is 5.89. The second kappa shape index (κ2) is 4.69. The van der Waals surface area contributed by atoms with Gasteiger partial charge >= 0.3 is 6.18 Å². The number of hydrogen-bond donors (Lipinski definition) is 0. The van der Waals surface area contributed by atoms with Crippen LogP contribution < -0.4 is 5.56 Å². The van der Waals surface area contributed by atoms with E-state index < -0.39 is 23.2 Å². The highest BCUT2D eigenvalue weighted by molar-refractivity contribution is 5.73. The topological polar surface area (TPSA) is 56.0 Å². The first kappa shape index (κ1) is 13.3. The molecule has 106 valence electrons. The van der Waals surface area contributed by atoms with E-state index in [2.05, 4.69) is 9.97 Å². The normalized spacial score (nSPS) is 11.8. The Morgan fingerprint density at radius 3 is 2.57 bits per heavy atom. The number of rotatable bonds is 1. The van der Waals surface area contributed by atoms with E-state index >= 15 is 0 Å². The van der Waals surface area contributed by atoms with Gasteiger partial charge in [-0.05, 0) is 24.3 Å². The molecule has 1 aromatic carbocycles. The Bertz CT molecular complexity index is 872. The molecule has 0 aliphatic heterocycles. The van der Waals surface area contributed by atoms with Gasteiger partial charge in [0.15, 0.2) is 0 Å². The zero-order valence-corrected chi connectivity index (χ0v) is 10.4. The van der Waals surface area contributed by atoms with Crippen molar-refractivity contribution in [1.82, 2.24) is 9.97 Å². The molecule has 0 saturated carbocycles. The Morgan fingerprint density at radius 1 is 1.05 bits per heavy atom. The van der Waals surface area contributed by atoms with Crippen molar-refractivity contribution in [3.8, 4) is 11.5 Å². The molecule has 4 nitrogen and oxygen atoms in total. The predicted octanol–water partition coefficient (Wildman–Crippen LogP) is 3.27. The van der Waals surface area contributed by atoms with Crippen LogP contribution in [-0.4, -0.2) is 9.97 Å². The molecule has 0 bridgehead atoms. The van der Waals surface area contributed by atoms with Crippen LogP contribution in [-0.2, 0) is 6.18 Å². The molecule has 0 saturated heterocycles. The van der Waals surface area contributed by atoms with Crippen molar-refractivity contribution in [3.05, 3.63) is 58.5 Å². The fourth-order valence-corrected chi connectivity index (χ4v) is 1.93. The van der Waals surface area contributed by atoms with E-state index in [1.54, 1.807) is 0 Å². The van der Waals surface area contributed by atoms with Crippen molar-refractivity contribution in [3.63, 3.8) is 0 Å². The van der Waals surface area contributed by atoms with Gasteiger partial charge in [-0.3, -0.25) is 4.79 Å². The van der Waals surface area contributed by atoms with Crippen LogP contribution in [0.1, 0.15) is 5.56 Å². The molecule has 0 radical (unpaired) electrons. The highest BCUT2D eigenvalue weighted by Gasteiger charge is 2.34. The number of halogens is 3. The number of fused-ring (bicyclic) bond motifs is 1. The van der Waals surface area contributed by atoms with Crippen molar-refractivity contribution >= 4 is 11.1 Å². The molecule has 0 fully saturated rings. The molecule has 7 heteroatoms. The molecule has 21 heavy (non-hydrogen) atoms. The van der Waals surface area contributed by atoms with E-state index in [1.807, 2.05) is 0 Å². The summed E-state index contributed by atoms with van der Waals surface area (Å²) < 4.78 is 44.2. The molecule has 0 amide bonds. The van der Waals surface area contributed by atoms with Gasteiger partial charge in [-0.1, -0.05) is 12.1 Å². The van der Waals surface area contributed by atoms with E-state index in [4.69, 9.17) is 4.42 Å². The highest BCUT2D eigenvalue weighted by Crippen LogP contribution is 2.36. The molecule has 0 aliphatic carbocycles. The Kier molecular flexibility index (Phi) is 2.97. The van der Waals surface area contributed by atoms with Crippen LogP contribution in [0, 0.1) is 0 Å². The average Bonchev–Trinajstić information content (AvgIpc) is 2.46. The smallest absolute Gasteiger partial charge is 0.417 e. The fraction of sp³-hybridized carbons (Fsp3) is 0.0714. The molecule has 2 heterocycles. The first-order chi connectivity index (χ1) is 9.97. The van der Waals surface area contributed by atoms with Gasteiger partial charge in [0.1, 0.15) is 5.39 Å². The van der Waals surface area contributed by atoms with Crippen LogP contribution in [0.5, 0.6) is 0 Å². The molecule has 2 aromatic heterocycles. The number of pyridine rings is 1. The van der Waals surface area contributed by atoms with Crippen molar-refractivity contribution < 1.29 is 17.6 Å². The monoisotopic (exact) mass is 292 g/mol. The highest BCUT2D eigenvalue weighted by atomic mass is 19.4. The summed E-state index contributed by atoms with van der Waals surface area (Å²) in [5, 5.41) is 0.116. The number of nitrogens with zero attached hydrogens (tertiary/aromatic N) is 2. The average molecular weight is 292 g/mol. The third-order valence-corrected chi connectivity index (χ3v) is 2.86. The third-order valence-electron chi connectivity index (χ3n) is 2.86. The molecule has 0 aliphatic rings. The SMILES string of the molecule is O=c1nc(-c2ccccc2C(F)(F)F)oc2ncccc12. The van der Waals surface area contributed by atoms with E-state index in [1.165, 1.54) is 36.5 Å². The first-order valence-electron chi connectivity index (χ1n) is 5.89. The van der Waals surface area contributed by atoms with Gasteiger partial charge in [-0.2, -0.15) is 18.2 Å². The summed E-state index contributed by atoms with van der Waals surface area (Å²) in [7, 11) is 0. The van der Waals surface area contributed by atoms with Gasteiger partial charge in [0.25, 0.3) is 5.56 Å². The predicted molar refractivity (Wildman–Crippen MR) is 68.5 cm³/mol. The molecular weight excluding hydrogens is 285 g/mol. The summed E-state index contributed by atoms with van der Waals surface area (Å²) in [5.41, 5.74) is -1.95. The fourth-order valence-electron chi connectivity index (χ4n) is 1.93. The minimum absolute atomic E-state index is 0.0514. The summed E-state index contributed by atoms with van der Waals surface area (Å²) in [6.07, 6.45) is -3.19. The van der Waals surface area contributed by atoms with Crippen LogP contribution in [0.15, 0.2) is 51.8 Å². The molecule has 0 atom stereocenters. The standard InChI is InChI=1S/C14H7F3N2O2/c15-14(16,17)10-6-2-1-4-8(10)13-19-11(20)9-5-3-7-18-12(9)21-13/h1-7H. The van der Waals surface area contributed by atoms with E-state index in [0.717, 1.165) is 6.07 Å². The summed E-state index contributed by atoms with van der Waals surface area (Å²) in [5.74, 6) is -0.404. The Morgan fingerprint density at radius 2 is 1.81 bits per heavy atom. The maximum Gasteiger partial charge on any atom is 0.417 e. The zero-order valence-electron chi connectivity index (χ0n) is 10.4. The third kappa shape index (κ3) is 2.37. The second-order valence-electron chi connectivity index (χ2n) is 4.22. The Balaban J connectivity index is 2.29. The number of benzene rings is 1. The minimum Gasteiger partial charge on any atom is -0.419 e. The molecular formula is C14H7F3N2O2. The van der Waals surface area contributed by atoms with E-state index in [9.17, 15) is 18.0 Å². The molecule has 3 rings (SSSR count).